The predicted octanol–water partition coefficient (Wildman–Crippen LogP) is 3.76. The van der Waals surface area contributed by atoms with Gasteiger partial charge in [-0.25, -0.2) is 26.9 Å². The Morgan fingerprint density at radius 1 is 0.900 bits per heavy atom. The molecule has 0 saturated carbocycles. The number of nitrogens with two attached hydrogens (primary N) is 1. The first kappa shape index (κ1) is 14.3. The normalized spacial score (nSPS) is 10.7. The van der Waals surface area contributed by atoms with Crippen LogP contribution in [-0.4, -0.2) is 4.98 Å². The molecule has 1 heterocycles. The summed E-state index contributed by atoms with van der Waals surface area (Å²) in [6.45, 7) is 0. The van der Waals surface area contributed by atoms with Crippen molar-refractivity contribution in [2.24, 2.45) is 0 Å². The lowest BCUT2D eigenvalue weighted by Crippen LogP contribution is -2.07. The quantitative estimate of drug-likeness (QED) is 0.384. The van der Waals surface area contributed by atoms with Crippen LogP contribution in [0, 0.1) is 29.1 Å². The molecule has 0 unspecified atom stereocenters. The largest absolute Gasteiger partial charge is 0.399 e. The number of hydrogen-bond acceptors (Lipinski definition) is 3. The number of anilines is 3. The first-order chi connectivity index (χ1) is 9.31. The van der Waals surface area contributed by atoms with E-state index in [0.29, 0.717) is 0 Å². The molecule has 0 aliphatic carbocycles. The first-order valence-corrected chi connectivity index (χ1v) is 5.40. The van der Waals surface area contributed by atoms with Gasteiger partial charge >= 0.3 is 0 Å². The molecule has 0 bridgehead atoms. The highest BCUT2D eigenvalue weighted by Crippen LogP contribution is 2.30. The van der Waals surface area contributed by atoms with Gasteiger partial charge in [-0.2, -0.15) is 0 Å². The number of halogens is 6. The molecule has 0 aliphatic rings. The highest BCUT2D eigenvalue weighted by molar-refractivity contribution is 6.29. The average Bonchev–Trinajstić information content (AvgIpc) is 2.38. The summed E-state index contributed by atoms with van der Waals surface area (Å²) in [5.41, 5.74) is 4.27. The minimum Gasteiger partial charge on any atom is -0.399 e. The fourth-order valence-corrected chi connectivity index (χ4v) is 1.64. The van der Waals surface area contributed by atoms with E-state index in [1.807, 2.05) is 5.32 Å². The van der Waals surface area contributed by atoms with Crippen LogP contribution in [0.15, 0.2) is 12.1 Å². The minimum atomic E-state index is -2.25. The van der Waals surface area contributed by atoms with Gasteiger partial charge in [0.2, 0.25) is 5.82 Å². The van der Waals surface area contributed by atoms with Gasteiger partial charge in [-0.15, -0.1) is 0 Å². The van der Waals surface area contributed by atoms with Gasteiger partial charge in [0.25, 0.3) is 0 Å². The summed E-state index contributed by atoms with van der Waals surface area (Å²) in [5, 5.41) is 1.84. The van der Waals surface area contributed by atoms with Crippen LogP contribution in [0.25, 0.3) is 0 Å². The van der Waals surface area contributed by atoms with Gasteiger partial charge < -0.3 is 11.1 Å². The van der Waals surface area contributed by atoms with Crippen molar-refractivity contribution in [1.82, 2.24) is 4.98 Å². The van der Waals surface area contributed by atoms with Crippen LogP contribution in [0.3, 0.4) is 0 Å². The summed E-state index contributed by atoms with van der Waals surface area (Å²) in [7, 11) is 0. The van der Waals surface area contributed by atoms with Gasteiger partial charge in [-0.3, -0.25) is 0 Å². The highest BCUT2D eigenvalue weighted by atomic mass is 35.5. The number of aromatic nitrogens is 1. The Hall–Kier alpha value is -2.09. The Morgan fingerprint density at radius 3 is 1.90 bits per heavy atom. The molecule has 3 N–H and O–H groups in total. The number of pyridine rings is 1. The highest BCUT2D eigenvalue weighted by Gasteiger charge is 2.26. The Kier molecular flexibility index (Phi) is 3.67. The Balaban J connectivity index is 2.54. The van der Waals surface area contributed by atoms with Crippen LogP contribution in [0.5, 0.6) is 0 Å². The van der Waals surface area contributed by atoms with Crippen LogP contribution in [0.2, 0.25) is 5.15 Å². The average molecular weight is 310 g/mol. The fraction of sp³-hybridized carbons (Fsp3) is 0. The Morgan fingerprint density at radius 2 is 1.40 bits per heavy atom. The molecule has 9 heteroatoms. The molecule has 1 aromatic carbocycles. The molecule has 2 rings (SSSR count). The van der Waals surface area contributed by atoms with E-state index < -0.39 is 34.8 Å². The molecule has 3 nitrogen and oxygen atoms in total. The third-order valence-electron chi connectivity index (χ3n) is 2.28. The minimum absolute atomic E-state index is 0.0939. The van der Waals surface area contributed by atoms with E-state index in [0.717, 1.165) is 6.07 Å². The summed E-state index contributed by atoms with van der Waals surface area (Å²) in [4.78, 5) is 3.60. The van der Waals surface area contributed by atoms with Crippen LogP contribution in [0.4, 0.5) is 39.1 Å². The van der Waals surface area contributed by atoms with Crippen molar-refractivity contribution in [1.29, 1.82) is 0 Å². The van der Waals surface area contributed by atoms with Crippen LogP contribution in [0.1, 0.15) is 0 Å². The lowest BCUT2D eigenvalue weighted by atomic mass is 10.2. The predicted molar refractivity (Wildman–Crippen MR) is 63.2 cm³/mol. The van der Waals surface area contributed by atoms with Crippen molar-refractivity contribution in [3.8, 4) is 0 Å². The van der Waals surface area contributed by atoms with Crippen molar-refractivity contribution in [3.63, 3.8) is 0 Å². The Labute approximate surface area is 114 Å². The van der Waals surface area contributed by atoms with E-state index in [4.69, 9.17) is 17.3 Å². The van der Waals surface area contributed by atoms with Crippen molar-refractivity contribution >= 4 is 28.8 Å². The van der Waals surface area contributed by atoms with Crippen LogP contribution < -0.4 is 11.1 Å². The Bertz CT molecular complexity index is 643. The molecule has 0 aliphatic heterocycles. The molecule has 0 atom stereocenters. The molecule has 1 aromatic heterocycles. The summed E-state index contributed by atoms with van der Waals surface area (Å²) < 4.78 is 65.7. The van der Waals surface area contributed by atoms with Gasteiger partial charge in [0.05, 0.1) is 0 Å². The van der Waals surface area contributed by atoms with Gasteiger partial charge in [0.15, 0.2) is 23.3 Å². The zero-order valence-electron chi connectivity index (χ0n) is 9.45. The maximum atomic E-state index is 13.4. The van der Waals surface area contributed by atoms with E-state index in [1.54, 1.807) is 0 Å². The third-order valence-corrected chi connectivity index (χ3v) is 2.47. The van der Waals surface area contributed by atoms with E-state index in [9.17, 15) is 22.0 Å². The van der Waals surface area contributed by atoms with Crippen LogP contribution >= 0.6 is 11.6 Å². The smallest absolute Gasteiger partial charge is 0.200 e. The van der Waals surface area contributed by atoms with E-state index >= 15 is 0 Å². The summed E-state index contributed by atoms with van der Waals surface area (Å²) in [6, 6.07) is 2.36. The topological polar surface area (TPSA) is 50.9 Å². The number of nitrogens with one attached hydrogen (secondary N) is 1. The number of benzene rings is 1. The number of hydrogen-bond donors (Lipinski definition) is 2. The molecule has 0 spiro atoms. The van der Waals surface area contributed by atoms with E-state index in [-0.39, 0.29) is 16.7 Å². The molecular formula is C11H5ClF5N3. The SMILES string of the molecule is Nc1cc(Cl)nc(Nc2c(F)c(F)c(F)c(F)c2F)c1. The van der Waals surface area contributed by atoms with Gasteiger partial charge in [0, 0.05) is 11.8 Å². The second-order valence-corrected chi connectivity index (χ2v) is 4.07. The number of nitrogens with zero attached hydrogens (tertiary/aromatic N) is 1. The van der Waals surface area contributed by atoms with Crippen molar-refractivity contribution in [3.05, 3.63) is 46.4 Å². The third kappa shape index (κ3) is 2.46. The van der Waals surface area contributed by atoms with E-state index in [1.165, 1.54) is 6.07 Å². The standard InChI is InChI=1S/C11H5ClF5N3/c12-4-1-3(18)2-5(19-4)20-11-9(16)7(14)6(13)8(15)10(11)17/h1-2H,(H3,18,19,20). The van der Waals surface area contributed by atoms with Crippen LogP contribution in [-0.2, 0) is 0 Å². The van der Waals surface area contributed by atoms with Gasteiger partial charge in [0.1, 0.15) is 16.7 Å². The first-order valence-electron chi connectivity index (χ1n) is 5.02. The lowest BCUT2D eigenvalue weighted by molar-refractivity contribution is 0.382. The lowest BCUT2D eigenvalue weighted by Gasteiger charge is -2.10. The molecule has 0 amide bonds. The summed E-state index contributed by atoms with van der Waals surface area (Å²) >= 11 is 5.56. The molecule has 0 radical (unpaired) electrons. The van der Waals surface area contributed by atoms with E-state index in [2.05, 4.69) is 4.98 Å². The van der Waals surface area contributed by atoms with Crippen molar-refractivity contribution in [2.75, 3.05) is 11.1 Å². The maximum absolute atomic E-state index is 13.4. The van der Waals surface area contributed by atoms with Crippen molar-refractivity contribution in [2.45, 2.75) is 0 Å². The van der Waals surface area contributed by atoms with Crippen molar-refractivity contribution < 1.29 is 22.0 Å². The number of nitrogen functional groups attached to an aromatic ring is 1. The number of rotatable bonds is 2. The van der Waals surface area contributed by atoms with Gasteiger partial charge in [-0.05, 0) is 6.07 Å². The molecular weight excluding hydrogens is 305 g/mol. The molecule has 20 heavy (non-hydrogen) atoms. The molecule has 0 fully saturated rings. The molecule has 0 saturated heterocycles. The monoisotopic (exact) mass is 309 g/mol. The zero-order chi connectivity index (χ0) is 15.0. The second-order valence-electron chi connectivity index (χ2n) is 3.68. The maximum Gasteiger partial charge on any atom is 0.200 e. The fourth-order valence-electron chi connectivity index (χ4n) is 1.42. The molecule has 2 aromatic rings. The summed E-state index contributed by atoms with van der Waals surface area (Å²) in [5.74, 6) is -10.7. The zero-order valence-corrected chi connectivity index (χ0v) is 10.2. The van der Waals surface area contributed by atoms with Gasteiger partial charge in [-0.1, -0.05) is 11.6 Å². The molecule has 106 valence electrons. The second kappa shape index (κ2) is 5.12. The summed E-state index contributed by atoms with van der Waals surface area (Å²) in [6.07, 6.45) is 0.